The van der Waals surface area contributed by atoms with Gasteiger partial charge in [0, 0.05) is 11.6 Å². The summed E-state index contributed by atoms with van der Waals surface area (Å²) in [6, 6.07) is 2.64. The Hall–Kier alpha value is -2.02. The van der Waals surface area contributed by atoms with Crippen LogP contribution in [0.1, 0.15) is 11.1 Å². The molecule has 0 aromatic heterocycles. The van der Waals surface area contributed by atoms with E-state index in [1.807, 2.05) is 5.92 Å². The molecule has 0 unspecified atom stereocenters. The second kappa shape index (κ2) is 3.79. The summed E-state index contributed by atoms with van der Waals surface area (Å²) < 4.78 is 13.2. The lowest BCUT2D eigenvalue weighted by molar-refractivity contribution is -0.112. The Bertz CT molecular complexity index is 443. The molecule has 0 saturated heterocycles. The number of halogens is 1. The molecule has 4 N–H and O–H groups in total. The molecular weight excluding hydrogens is 183 g/mol. The van der Waals surface area contributed by atoms with Crippen molar-refractivity contribution < 1.29 is 9.18 Å². The van der Waals surface area contributed by atoms with E-state index >= 15 is 0 Å². The van der Waals surface area contributed by atoms with E-state index < -0.39 is 11.7 Å². The highest BCUT2D eigenvalue weighted by atomic mass is 19.1. The van der Waals surface area contributed by atoms with Gasteiger partial charge >= 0.3 is 0 Å². The SMILES string of the molecule is Cc1cc(F)c(C#CC(N)=O)cc1N. The summed E-state index contributed by atoms with van der Waals surface area (Å²) in [6.07, 6.45) is 0. The Labute approximate surface area is 80.9 Å². The van der Waals surface area contributed by atoms with Crippen molar-refractivity contribution >= 4 is 11.6 Å². The average Bonchev–Trinajstić information content (AvgIpc) is 2.09. The largest absolute Gasteiger partial charge is 0.398 e. The number of hydrogen-bond acceptors (Lipinski definition) is 2. The van der Waals surface area contributed by atoms with Gasteiger partial charge in [-0.2, -0.15) is 0 Å². The van der Waals surface area contributed by atoms with Crippen molar-refractivity contribution in [2.45, 2.75) is 6.92 Å². The van der Waals surface area contributed by atoms with E-state index in [-0.39, 0.29) is 5.56 Å². The first-order valence-corrected chi connectivity index (χ1v) is 3.88. The number of rotatable bonds is 0. The van der Waals surface area contributed by atoms with Gasteiger partial charge in [0.2, 0.25) is 0 Å². The van der Waals surface area contributed by atoms with E-state index in [0.717, 1.165) is 0 Å². The van der Waals surface area contributed by atoms with E-state index in [1.165, 1.54) is 12.1 Å². The van der Waals surface area contributed by atoms with Crippen LogP contribution in [0, 0.1) is 24.6 Å². The van der Waals surface area contributed by atoms with Crippen molar-refractivity contribution in [3.63, 3.8) is 0 Å². The zero-order valence-electron chi connectivity index (χ0n) is 7.60. The molecule has 72 valence electrons. The summed E-state index contributed by atoms with van der Waals surface area (Å²) in [5.74, 6) is 3.03. The van der Waals surface area contributed by atoms with Crippen molar-refractivity contribution in [1.29, 1.82) is 0 Å². The second-order valence-corrected chi connectivity index (χ2v) is 2.80. The van der Waals surface area contributed by atoms with Crippen molar-refractivity contribution in [2.75, 3.05) is 5.73 Å². The minimum Gasteiger partial charge on any atom is -0.398 e. The maximum absolute atomic E-state index is 13.2. The molecular formula is C10H9FN2O. The fourth-order valence-corrected chi connectivity index (χ4v) is 0.914. The fraction of sp³-hybridized carbons (Fsp3) is 0.100. The molecule has 0 radical (unpaired) electrons. The van der Waals surface area contributed by atoms with Gasteiger partial charge in [0.05, 0.1) is 5.56 Å². The Morgan fingerprint density at radius 3 is 2.71 bits per heavy atom. The van der Waals surface area contributed by atoms with Crippen LogP contribution in [0.4, 0.5) is 10.1 Å². The molecule has 1 aromatic carbocycles. The smallest absolute Gasteiger partial charge is 0.293 e. The highest BCUT2D eigenvalue weighted by Gasteiger charge is 2.02. The van der Waals surface area contributed by atoms with Gasteiger partial charge in [0.1, 0.15) is 5.82 Å². The van der Waals surface area contributed by atoms with E-state index in [0.29, 0.717) is 11.3 Å². The first-order chi connectivity index (χ1) is 6.50. The number of hydrogen-bond donors (Lipinski definition) is 2. The van der Waals surface area contributed by atoms with Crippen LogP contribution in [0.15, 0.2) is 12.1 Å². The van der Waals surface area contributed by atoms with Crippen LogP contribution in [-0.4, -0.2) is 5.91 Å². The van der Waals surface area contributed by atoms with Gasteiger partial charge in [-0.3, -0.25) is 4.79 Å². The molecule has 1 aromatic rings. The summed E-state index contributed by atoms with van der Waals surface area (Å²) in [5.41, 5.74) is 11.5. The van der Waals surface area contributed by atoms with Gasteiger partial charge in [-0.1, -0.05) is 5.92 Å². The van der Waals surface area contributed by atoms with Gasteiger partial charge in [-0.05, 0) is 24.6 Å². The normalized spacial score (nSPS) is 9.00. The maximum Gasteiger partial charge on any atom is 0.293 e. The predicted octanol–water partition coefficient (Wildman–Crippen LogP) is 0.553. The number of anilines is 1. The van der Waals surface area contributed by atoms with Crippen molar-refractivity contribution in [3.05, 3.63) is 29.1 Å². The van der Waals surface area contributed by atoms with Crippen molar-refractivity contribution in [3.8, 4) is 11.8 Å². The molecule has 0 fully saturated rings. The summed E-state index contributed by atoms with van der Waals surface area (Å²) in [7, 11) is 0. The van der Waals surface area contributed by atoms with Crippen LogP contribution in [0.25, 0.3) is 0 Å². The molecule has 0 aliphatic carbocycles. The third-order valence-corrected chi connectivity index (χ3v) is 1.68. The third-order valence-electron chi connectivity index (χ3n) is 1.68. The number of amides is 1. The minimum absolute atomic E-state index is 0.0758. The molecule has 3 nitrogen and oxygen atoms in total. The van der Waals surface area contributed by atoms with Crippen LogP contribution >= 0.6 is 0 Å². The minimum atomic E-state index is -0.802. The van der Waals surface area contributed by atoms with Gasteiger partial charge < -0.3 is 11.5 Å². The van der Waals surface area contributed by atoms with Crippen molar-refractivity contribution in [2.24, 2.45) is 5.73 Å². The number of primary amides is 1. The van der Waals surface area contributed by atoms with Crippen LogP contribution in [0.2, 0.25) is 0 Å². The van der Waals surface area contributed by atoms with E-state index in [4.69, 9.17) is 11.5 Å². The van der Waals surface area contributed by atoms with Crippen LogP contribution in [-0.2, 0) is 4.79 Å². The zero-order valence-corrected chi connectivity index (χ0v) is 7.60. The van der Waals surface area contributed by atoms with Crippen LogP contribution < -0.4 is 11.5 Å². The molecule has 4 heteroatoms. The summed E-state index contributed by atoms with van der Waals surface area (Å²) in [5, 5.41) is 0. The molecule has 0 bridgehead atoms. The quantitative estimate of drug-likeness (QED) is 0.465. The summed E-state index contributed by atoms with van der Waals surface area (Å²) in [6.45, 7) is 1.68. The number of benzene rings is 1. The molecule has 0 aliphatic rings. The van der Waals surface area contributed by atoms with Gasteiger partial charge in [-0.15, -0.1) is 0 Å². The molecule has 0 spiro atoms. The molecule has 0 aliphatic heterocycles. The molecule has 0 saturated carbocycles. The van der Waals surface area contributed by atoms with E-state index in [2.05, 4.69) is 5.92 Å². The van der Waals surface area contributed by atoms with Gasteiger partial charge in [0.25, 0.3) is 5.91 Å². The summed E-state index contributed by atoms with van der Waals surface area (Å²) >= 11 is 0. The highest BCUT2D eigenvalue weighted by molar-refractivity contribution is 5.92. The number of nitrogens with two attached hydrogens (primary N) is 2. The Kier molecular flexibility index (Phi) is 2.73. The lowest BCUT2D eigenvalue weighted by atomic mass is 10.1. The Balaban J connectivity index is 3.18. The number of aryl methyl sites for hydroxylation is 1. The Morgan fingerprint density at radius 2 is 2.14 bits per heavy atom. The standard InChI is InChI=1S/C10H9FN2O/c1-6-4-8(11)7(5-9(6)12)2-3-10(13)14/h4-5H,12H2,1H3,(H2,13,14). The maximum atomic E-state index is 13.2. The molecule has 1 rings (SSSR count). The fourth-order valence-electron chi connectivity index (χ4n) is 0.914. The van der Waals surface area contributed by atoms with Gasteiger partial charge in [-0.25, -0.2) is 4.39 Å². The van der Waals surface area contributed by atoms with Crippen LogP contribution in [0.3, 0.4) is 0 Å². The zero-order chi connectivity index (χ0) is 10.7. The lowest BCUT2D eigenvalue weighted by Gasteiger charge is -2.01. The summed E-state index contributed by atoms with van der Waals surface area (Å²) in [4.78, 5) is 10.3. The molecule has 14 heavy (non-hydrogen) atoms. The average molecular weight is 192 g/mol. The first-order valence-electron chi connectivity index (χ1n) is 3.88. The van der Waals surface area contributed by atoms with E-state index in [1.54, 1.807) is 6.92 Å². The van der Waals surface area contributed by atoms with Gasteiger partial charge in [0.15, 0.2) is 0 Å². The van der Waals surface area contributed by atoms with Crippen molar-refractivity contribution in [1.82, 2.24) is 0 Å². The number of carbonyl (C=O) groups excluding carboxylic acids is 1. The number of carbonyl (C=O) groups is 1. The topological polar surface area (TPSA) is 69.1 Å². The monoisotopic (exact) mass is 192 g/mol. The molecule has 1 amide bonds. The molecule has 0 heterocycles. The number of nitrogen functional groups attached to an aromatic ring is 1. The first kappa shape index (κ1) is 10.1. The highest BCUT2D eigenvalue weighted by Crippen LogP contribution is 2.15. The third kappa shape index (κ3) is 2.23. The second-order valence-electron chi connectivity index (χ2n) is 2.80. The lowest BCUT2D eigenvalue weighted by Crippen LogP contribution is -2.06. The predicted molar refractivity (Wildman–Crippen MR) is 51.6 cm³/mol. The molecule has 0 atom stereocenters. The van der Waals surface area contributed by atoms with Crippen LogP contribution in [0.5, 0.6) is 0 Å². The Morgan fingerprint density at radius 1 is 1.50 bits per heavy atom. The van der Waals surface area contributed by atoms with E-state index in [9.17, 15) is 9.18 Å².